The Morgan fingerprint density at radius 3 is 2.75 bits per heavy atom. The van der Waals surface area contributed by atoms with Crippen molar-refractivity contribution in [3.63, 3.8) is 0 Å². The molecule has 0 atom stereocenters. The average Bonchev–Trinajstić information content (AvgIpc) is 2.85. The lowest BCUT2D eigenvalue weighted by molar-refractivity contribution is -0.140. The molecule has 0 aliphatic rings. The number of aryl methyl sites for hydroxylation is 1. The van der Waals surface area contributed by atoms with Crippen molar-refractivity contribution in [1.29, 1.82) is 0 Å². The van der Waals surface area contributed by atoms with Gasteiger partial charge in [0.2, 0.25) is 5.91 Å². The van der Waals surface area contributed by atoms with Crippen LogP contribution in [0, 0.1) is 6.92 Å². The second-order valence-electron chi connectivity index (χ2n) is 4.46. The summed E-state index contributed by atoms with van der Waals surface area (Å²) in [5, 5.41) is 2.78. The van der Waals surface area contributed by atoms with Gasteiger partial charge < -0.3 is 14.5 Å². The zero-order chi connectivity index (χ0) is 14.8. The first-order valence-corrected chi connectivity index (χ1v) is 6.71. The van der Waals surface area contributed by atoms with E-state index < -0.39 is 0 Å². The molecule has 0 aliphatic carbocycles. The number of ether oxygens (including phenoxy) is 1. The molecule has 1 amide bonds. The van der Waals surface area contributed by atoms with Crippen LogP contribution in [0.25, 0.3) is 6.08 Å². The third kappa shape index (κ3) is 6.78. The molecule has 0 saturated heterocycles. The van der Waals surface area contributed by atoms with E-state index in [0.717, 1.165) is 25.0 Å². The van der Waals surface area contributed by atoms with Gasteiger partial charge in [-0.25, -0.2) is 0 Å². The predicted molar refractivity (Wildman–Crippen MR) is 76.0 cm³/mol. The molecule has 0 fully saturated rings. The van der Waals surface area contributed by atoms with E-state index in [0.29, 0.717) is 18.7 Å². The van der Waals surface area contributed by atoms with Crippen LogP contribution < -0.4 is 5.32 Å². The summed E-state index contributed by atoms with van der Waals surface area (Å²) in [6.07, 6.45) is 6.03. The Kier molecular flexibility index (Phi) is 7.17. The van der Waals surface area contributed by atoms with Gasteiger partial charge in [-0.3, -0.25) is 9.59 Å². The Hall–Kier alpha value is -2.04. The van der Waals surface area contributed by atoms with Gasteiger partial charge in [0.1, 0.15) is 11.5 Å². The Morgan fingerprint density at radius 1 is 1.30 bits per heavy atom. The van der Waals surface area contributed by atoms with E-state index in [1.807, 2.05) is 19.1 Å². The molecule has 5 heteroatoms. The third-order valence-electron chi connectivity index (χ3n) is 2.74. The van der Waals surface area contributed by atoms with Crippen LogP contribution in [-0.2, 0) is 14.3 Å². The summed E-state index contributed by atoms with van der Waals surface area (Å²) in [6.45, 7) is 2.45. The number of rotatable bonds is 8. The highest BCUT2D eigenvalue weighted by Crippen LogP contribution is 2.07. The first-order chi connectivity index (χ1) is 9.61. The number of amides is 1. The summed E-state index contributed by atoms with van der Waals surface area (Å²) in [5.74, 6) is 1.14. The summed E-state index contributed by atoms with van der Waals surface area (Å²) in [7, 11) is 1.38. The number of hydrogen-bond acceptors (Lipinski definition) is 4. The van der Waals surface area contributed by atoms with Crippen molar-refractivity contribution in [1.82, 2.24) is 5.32 Å². The molecule has 1 aromatic heterocycles. The maximum atomic E-state index is 11.5. The first-order valence-electron chi connectivity index (χ1n) is 6.71. The van der Waals surface area contributed by atoms with Gasteiger partial charge in [0.25, 0.3) is 0 Å². The molecule has 0 spiro atoms. The number of carbonyl (C=O) groups excluding carboxylic acids is 2. The van der Waals surface area contributed by atoms with Crippen LogP contribution in [0.5, 0.6) is 0 Å². The van der Waals surface area contributed by atoms with Crippen molar-refractivity contribution < 1.29 is 18.7 Å². The van der Waals surface area contributed by atoms with E-state index in [1.54, 1.807) is 6.08 Å². The Morgan fingerprint density at radius 2 is 2.10 bits per heavy atom. The highest BCUT2D eigenvalue weighted by atomic mass is 16.5. The monoisotopic (exact) mass is 279 g/mol. The summed E-state index contributed by atoms with van der Waals surface area (Å²) in [4.78, 5) is 22.4. The van der Waals surface area contributed by atoms with Crippen molar-refractivity contribution in [2.45, 2.75) is 32.6 Å². The SMILES string of the molecule is COC(=O)CCCCCNC(=O)/C=C/c1ccc(C)o1. The lowest BCUT2D eigenvalue weighted by atomic mass is 10.2. The van der Waals surface area contributed by atoms with Crippen molar-refractivity contribution in [2.24, 2.45) is 0 Å². The molecule has 0 aliphatic heterocycles. The van der Waals surface area contributed by atoms with Crippen LogP contribution in [0.2, 0.25) is 0 Å². The molecule has 0 saturated carbocycles. The van der Waals surface area contributed by atoms with Crippen LogP contribution in [0.1, 0.15) is 37.2 Å². The highest BCUT2D eigenvalue weighted by Gasteiger charge is 2.00. The fourth-order valence-electron chi connectivity index (χ4n) is 1.64. The number of nitrogens with one attached hydrogen (secondary N) is 1. The molecule has 1 N–H and O–H groups in total. The molecule has 1 heterocycles. The van der Waals surface area contributed by atoms with Crippen molar-refractivity contribution in [2.75, 3.05) is 13.7 Å². The zero-order valence-electron chi connectivity index (χ0n) is 12.0. The number of carbonyl (C=O) groups is 2. The average molecular weight is 279 g/mol. The van der Waals surface area contributed by atoms with Gasteiger partial charge in [0, 0.05) is 19.0 Å². The van der Waals surface area contributed by atoms with Crippen LogP contribution in [0.3, 0.4) is 0 Å². The van der Waals surface area contributed by atoms with E-state index in [2.05, 4.69) is 10.1 Å². The first kappa shape index (κ1) is 16.0. The van der Waals surface area contributed by atoms with Crippen LogP contribution in [-0.4, -0.2) is 25.5 Å². The van der Waals surface area contributed by atoms with Crippen LogP contribution in [0.15, 0.2) is 22.6 Å². The molecular formula is C15H21NO4. The second kappa shape index (κ2) is 8.96. The van der Waals surface area contributed by atoms with E-state index in [9.17, 15) is 9.59 Å². The zero-order valence-corrected chi connectivity index (χ0v) is 12.0. The summed E-state index contributed by atoms with van der Waals surface area (Å²) in [5.41, 5.74) is 0. The largest absolute Gasteiger partial charge is 0.469 e. The van der Waals surface area contributed by atoms with Crippen molar-refractivity contribution in [3.05, 3.63) is 29.7 Å². The molecule has 0 aromatic carbocycles. The van der Waals surface area contributed by atoms with E-state index in [-0.39, 0.29) is 11.9 Å². The third-order valence-corrected chi connectivity index (χ3v) is 2.74. The molecule has 1 aromatic rings. The quantitative estimate of drug-likeness (QED) is 0.451. The summed E-state index contributed by atoms with van der Waals surface area (Å²) in [6, 6.07) is 3.66. The summed E-state index contributed by atoms with van der Waals surface area (Å²) < 4.78 is 9.86. The Labute approximate surface area is 119 Å². The maximum Gasteiger partial charge on any atom is 0.305 e. The Balaban J connectivity index is 2.08. The van der Waals surface area contributed by atoms with Crippen molar-refractivity contribution >= 4 is 18.0 Å². The molecular weight excluding hydrogens is 258 g/mol. The molecule has 20 heavy (non-hydrogen) atoms. The highest BCUT2D eigenvalue weighted by molar-refractivity contribution is 5.91. The van der Waals surface area contributed by atoms with E-state index >= 15 is 0 Å². The van der Waals surface area contributed by atoms with Gasteiger partial charge >= 0.3 is 5.97 Å². The normalized spacial score (nSPS) is 10.7. The number of furan rings is 1. The van der Waals surface area contributed by atoms with E-state index in [4.69, 9.17) is 4.42 Å². The smallest absolute Gasteiger partial charge is 0.305 e. The number of hydrogen-bond donors (Lipinski definition) is 1. The van der Waals surface area contributed by atoms with Gasteiger partial charge in [0.15, 0.2) is 0 Å². The molecule has 0 radical (unpaired) electrons. The minimum Gasteiger partial charge on any atom is -0.469 e. The van der Waals surface area contributed by atoms with Gasteiger partial charge in [-0.15, -0.1) is 0 Å². The van der Waals surface area contributed by atoms with E-state index in [1.165, 1.54) is 13.2 Å². The number of methoxy groups -OCH3 is 1. The standard InChI is InChI=1S/C15H21NO4/c1-12-7-8-13(20-12)9-10-14(17)16-11-5-3-4-6-15(18)19-2/h7-10H,3-6,11H2,1-2H3,(H,16,17)/b10-9+. The number of esters is 1. The lowest BCUT2D eigenvalue weighted by Crippen LogP contribution is -2.22. The fraction of sp³-hybridized carbons (Fsp3) is 0.467. The molecule has 0 bridgehead atoms. The molecule has 1 rings (SSSR count). The molecule has 110 valence electrons. The van der Waals surface area contributed by atoms with Gasteiger partial charge in [-0.2, -0.15) is 0 Å². The minimum absolute atomic E-state index is 0.146. The van der Waals surface area contributed by atoms with Gasteiger partial charge in [-0.05, 0) is 38.0 Å². The minimum atomic E-state index is -0.189. The van der Waals surface area contributed by atoms with Gasteiger partial charge in [0.05, 0.1) is 7.11 Å². The van der Waals surface area contributed by atoms with Crippen molar-refractivity contribution in [3.8, 4) is 0 Å². The number of unbranched alkanes of at least 4 members (excludes halogenated alkanes) is 2. The lowest BCUT2D eigenvalue weighted by Gasteiger charge is -2.02. The van der Waals surface area contributed by atoms with Gasteiger partial charge in [-0.1, -0.05) is 6.42 Å². The van der Waals surface area contributed by atoms with Crippen LogP contribution in [0.4, 0.5) is 0 Å². The molecule has 5 nitrogen and oxygen atoms in total. The topological polar surface area (TPSA) is 68.5 Å². The summed E-state index contributed by atoms with van der Waals surface area (Å²) >= 11 is 0. The molecule has 0 unspecified atom stereocenters. The fourth-order valence-corrected chi connectivity index (χ4v) is 1.64. The predicted octanol–water partition coefficient (Wildman–Crippen LogP) is 2.45. The maximum absolute atomic E-state index is 11.5. The Bertz CT molecular complexity index is 462. The second-order valence-corrected chi connectivity index (χ2v) is 4.46. The van der Waals surface area contributed by atoms with Crippen LogP contribution >= 0.6 is 0 Å².